The molecule has 2 aromatic carbocycles. The monoisotopic (exact) mass is 345 g/mol. The van der Waals surface area contributed by atoms with Gasteiger partial charge in [-0.25, -0.2) is 0 Å². The van der Waals surface area contributed by atoms with E-state index in [1.165, 1.54) is 0 Å². The summed E-state index contributed by atoms with van der Waals surface area (Å²) in [5.41, 5.74) is 8.21. The van der Waals surface area contributed by atoms with E-state index in [0.717, 1.165) is 23.3 Å². The molecular weight excluding hydrogens is 318 g/mol. The van der Waals surface area contributed by atoms with Crippen molar-refractivity contribution in [1.82, 2.24) is 0 Å². The Morgan fingerprint density at radius 3 is 2.20 bits per heavy atom. The van der Waals surface area contributed by atoms with E-state index in [4.69, 9.17) is 24.7 Å². The molecule has 0 amide bonds. The molecule has 0 spiro atoms. The van der Waals surface area contributed by atoms with E-state index < -0.39 is 0 Å². The third kappa shape index (κ3) is 4.17. The Balaban J connectivity index is 2.41. The zero-order chi connectivity index (χ0) is 18.2. The predicted octanol–water partition coefficient (Wildman–Crippen LogP) is 3.40. The lowest BCUT2D eigenvalue weighted by atomic mass is 9.90. The van der Waals surface area contributed by atoms with Gasteiger partial charge in [0.15, 0.2) is 11.5 Å². The summed E-state index contributed by atoms with van der Waals surface area (Å²) in [5, 5.41) is 0. The Morgan fingerprint density at radius 1 is 0.880 bits per heavy atom. The second kappa shape index (κ2) is 9.18. The summed E-state index contributed by atoms with van der Waals surface area (Å²) in [6.45, 7) is 3.09. The molecule has 2 aromatic rings. The first-order valence-electron chi connectivity index (χ1n) is 8.39. The van der Waals surface area contributed by atoms with Crippen molar-refractivity contribution < 1.29 is 18.9 Å². The van der Waals surface area contributed by atoms with Gasteiger partial charge in [-0.15, -0.1) is 0 Å². The van der Waals surface area contributed by atoms with Crippen LogP contribution in [0.2, 0.25) is 0 Å². The standard InChI is InChI=1S/C20H27NO4/c1-5-25-17-9-7-6-8-14(17)12-15(13-21)16-10-11-18(22-2)20(24-4)19(16)23-3/h6-11,15H,5,12-13,21H2,1-4H3. The molecule has 0 heterocycles. The lowest BCUT2D eigenvalue weighted by Gasteiger charge is -2.22. The van der Waals surface area contributed by atoms with Crippen molar-refractivity contribution in [1.29, 1.82) is 0 Å². The van der Waals surface area contributed by atoms with Crippen molar-refractivity contribution in [3.63, 3.8) is 0 Å². The molecule has 5 heteroatoms. The molecule has 0 fully saturated rings. The van der Waals surface area contributed by atoms with Gasteiger partial charge in [0.05, 0.1) is 27.9 Å². The largest absolute Gasteiger partial charge is 0.494 e. The van der Waals surface area contributed by atoms with Gasteiger partial charge >= 0.3 is 0 Å². The average molecular weight is 345 g/mol. The third-order valence-electron chi connectivity index (χ3n) is 4.20. The van der Waals surface area contributed by atoms with E-state index in [0.29, 0.717) is 30.4 Å². The number of para-hydroxylation sites is 1. The number of rotatable bonds is 9. The maximum Gasteiger partial charge on any atom is 0.203 e. The molecule has 1 atom stereocenters. The van der Waals surface area contributed by atoms with Crippen LogP contribution in [0, 0.1) is 0 Å². The fourth-order valence-electron chi connectivity index (χ4n) is 3.00. The molecule has 0 aliphatic heterocycles. The van der Waals surface area contributed by atoms with Crippen LogP contribution >= 0.6 is 0 Å². The molecule has 0 saturated heterocycles. The topological polar surface area (TPSA) is 62.9 Å². The molecule has 136 valence electrons. The van der Waals surface area contributed by atoms with Crippen LogP contribution in [0.15, 0.2) is 36.4 Å². The molecule has 0 radical (unpaired) electrons. The van der Waals surface area contributed by atoms with E-state index in [1.807, 2.05) is 37.3 Å². The van der Waals surface area contributed by atoms with Crippen LogP contribution in [0.4, 0.5) is 0 Å². The van der Waals surface area contributed by atoms with E-state index in [1.54, 1.807) is 21.3 Å². The van der Waals surface area contributed by atoms with Gasteiger partial charge < -0.3 is 24.7 Å². The zero-order valence-electron chi connectivity index (χ0n) is 15.4. The number of hydrogen-bond acceptors (Lipinski definition) is 5. The van der Waals surface area contributed by atoms with Gasteiger partial charge in [0.1, 0.15) is 5.75 Å². The van der Waals surface area contributed by atoms with Gasteiger partial charge in [-0.3, -0.25) is 0 Å². The third-order valence-corrected chi connectivity index (χ3v) is 4.20. The molecule has 5 nitrogen and oxygen atoms in total. The molecule has 0 aromatic heterocycles. The first kappa shape index (κ1) is 18.9. The minimum absolute atomic E-state index is 0.0661. The maximum atomic E-state index is 6.09. The van der Waals surface area contributed by atoms with Crippen LogP contribution in [0.5, 0.6) is 23.0 Å². The molecular formula is C20H27NO4. The predicted molar refractivity (Wildman–Crippen MR) is 99.2 cm³/mol. The van der Waals surface area contributed by atoms with Gasteiger partial charge in [-0.1, -0.05) is 24.3 Å². The van der Waals surface area contributed by atoms with Crippen LogP contribution in [-0.2, 0) is 6.42 Å². The van der Waals surface area contributed by atoms with Crippen LogP contribution in [0.25, 0.3) is 0 Å². The molecule has 0 saturated carbocycles. The first-order valence-corrected chi connectivity index (χ1v) is 8.39. The minimum Gasteiger partial charge on any atom is -0.494 e. The fourth-order valence-corrected chi connectivity index (χ4v) is 3.00. The van der Waals surface area contributed by atoms with E-state index >= 15 is 0 Å². The molecule has 2 N–H and O–H groups in total. The summed E-state index contributed by atoms with van der Waals surface area (Å²) in [7, 11) is 4.84. The van der Waals surface area contributed by atoms with Gasteiger partial charge in [0.25, 0.3) is 0 Å². The van der Waals surface area contributed by atoms with Crippen molar-refractivity contribution in [3.8, 4) is 23.0 Å². The lowest BCUT2D eigenvalue weighted by molar-refractivity contribution is 0.320. The first-order chi connectivity index (χ1) is 12.2. The molecule has 2 rings (SSSR count). The average Bonchev–Trinajstić information content (AvgIpc) is 2.66. The molecule has 1 unspecified atom stereocenters. The summed E-state index contributed by atoms with van der Waals surface area (Å²) in [6.07, 6.45) is 0.749. The van der Waals surface area contributed by atoms with Crippen LogP contribution in [-0.4, -0.2) is 34.5 Å². The normalized spacial score (nSPS) is 11.7. The van der Waals surface area contributed by atoms with Crippen molar-refractivity contribution in [2.45, 2.75) is 19.3 Å². The second-order valence-electron chi connectivity index (χ2n) is 5.60. The molecule has 0 aliphatic carbocycles. The van der Waals surface area contributed by atoms with Gasteiger partial charge in [0, 0.05) is 11.5 Å². The zero-order valence-corrected chi connectivity index (χ0v) is 15.4. The summed E-state index contributed by atoms with van der Waals surface area (Å²) in [5.74, 6) is 2.83. The highest BCUT2D eigenvalue weighted by Gasteiger charge is 2.22. The summed E-state index contributed by atoms with van der Waals surface area (Å²) < 4.78 is 22.2. The smallest absolute Gasteiger partial charge is 0.203 e. The number of nitrogens with two attached hydrogens (primary N) is 1. The number of ether oxygens (including phenoxy) is 4. The number of benzene rings is 2. The highest BCUT2D eigenvalue weighted by molar-refractivity contribution is 5.57. The Hall–Kier alpha value is -2.40. The molecule has 0 aliphatic rings. The molecule has 0 bridgehead atoms. The van der Waals surface area contributed by atoms with Crippen LogP contribution in [0.3, 0.4) is 0 Å². The Labute approximate surface area is 149 Å². The van der Waals surface area contributed by atoms with Crippen molar-refractivity contribution in [3.05, 3.63) is 47.5 Å². The maximum absolute atomic E-state index is 6.09. The van der Waals surface area contributed by atoms with Crippen molar-refractivity contribution in [2.75, 3.05) is 34.5 Å². The van der Waals surface area contributed by atoms with E-state index in [9.17, 15) is 0 Å². The summed E-state index contributed by atoms with van der Waals surface area (Å²) >= 11 is 0. The second-order valence-corrected chi connectivity index (χ2v) is 5.60. The van der Waals surface area contributed by atoms with E-state index in [2.05, 4.69) is 6.07 Å². The number of methoxy groups -OCH3 is 3. The molecule has 25 heavy (non-hydrogen) atoms. The van der Waals surface area contributed by atoms with Crippen molar-refractivity contribution >= 4 is 0 Å². The fraction of sp³-hybridized carbons (Fsp3) is 0.400. The van der Waals surface area contributed by atoms with Crippen molar-refractivity contribution in [2.24, 2.45) is 5.73 Å². The van der Waals surface area contributed by atoms with Crippen LogP contribution < -0.4 is 24.7 Å². The highest BCUT2D eigenvalue weighted by Crippen LogP contribution is 2.43. The van der Waals surface area contributed by atoms with Gasteiger partial charge in [-0.2, -0.15) is 0 Å². The summed E-state index contributed by atoms with van der Waals surface area (Å²) in [4.78, 5) is 0. The van der Waals surface area contributed by atoms with Crippen LogP contribution in [0.1, 0.15) is 24.0 Å². The Bertz CT molecular complexity index is 687. The summed E-state index contributed by atoms with van der Waals surface area (Å²) in [6, 6.07) is 11.9. The SMILES string of the molecule is CCOc1ccccc1CC(CN)c1ccc(OC)c(OC)c1OC. The Kier molecular flexibility index (Phi) is 6.95. The minimum atomic E-state index is 0.0661. The number of hydrogen-bond donors (Lipinski definition) is 1. The highest BCUT2D eigenvalue weighted by atomic mass is 16.5. The Morgan fingerprint density at radius 2 is 1.60 bits per heavy atom. The van der Waals surface area contributed by atoms with Gasteiger partial charge in [0.2, 0.25) is 5.75 Å². The quantitative estimate of drug-likeness (QED) is 0.755. The van der Waals surface area contributed by atoms with Gasteiger partial charge in [-0.05, 0) is 37.6 Å². The lowest BCUT2D eigenvalue weighted by Crippen LogP contribution is -2.17. The van der Waals surface area contributed by atoms with E-state index in [-0.39, 0.29) is 5.92 Å².